The Morgan fingerprint density at radius 2 is 1.74 bits per heavy atom. The van der Waals surface area contributed by atoms with E-state index in [1.165, 1.54) is 32.1 Å². The molecular weight excluding hydrogens is 441 g/mol. The zero-order valence-electron chi connectivity index (χ0n) is 22.4. The fraction of sp³-hybridized carbons (Fsp3) is 0.556. The van der Waals surface area contributed by atoms with Gasteiger partial charge in [0.2, 0.25) is 5.95 Å². The third kappa shape index (κ3) is 8.60. The Bertz CT molecular complexity index is 1120. The minimum Gasteiger partial charge on any atom is -0.382 e. The minimum absolute atomic E-state index is 0.138. The van der Waals surface area contributed by atoms with Crippen molar-refractivity contribution < 1.29 is 4.39 Å². The standard InChI is InChI=1S/C15H17N7.C8H16.C4H9F/c1-8(2)18-11-4-5-12(19-9(11)3)10-6-7-22-13(10)14(16)20-15(17)21-22;1-8(2)6-4-3-5-7-8;1-3-4(2)5/h4-7H,1-3H3,(H4,16,17,20,21);3-7H2,1-2H3;4H,3H2,1-2H3. The van der Waals surface area contributed by atoms with E-state index in [9.17, 15) is 4.39 Å². The average molecular weight is 484 g/mol. The molecule has 192 valence electrons. The van der Waals surface area contributed by atoms with Gasteiger partial charge in [0.15, 0.2) is 5.82 Å². The second kappa shape index (κ2) is 12.6. The van der Waals surface area contributed by atoms with Gasteiger partial charge in [0.25, 0.3) is 0 Å². The maximum absolute atomic E-state index is 11.4. The van der Waals surface area contributed by atoms with Crippen LogP contribution in [0.3, 0.4) is 0 Å². The van der Waals surface area contributed by atoms with Gasteiger partial charge in [0.05, 0.1) is 23.2 Å². The van der Waals surface area contributed by atoms with Crippen LogP contribution in [-0.4, -0.2) is 31.5 Å². The largest absolute Gasteiger partial charge is 0.382 e. The molecule has 4 N–H and O–H groups in total. The number of nitrogens with two attached hydrogens (primary N) is 2. The molecule has 1 aliphatic rings. The molecule has 7 nitrogen and oxygen atoms in total. The Labute approximate surface area is 209 Å². The predicted octanol–water partition coefficient (Wildman–Crippen LogP) is 7.11. The fourth-order valence-electron chi connectivity index (χ4n) is 3.85. The van der Waals surface area contributed by atoms with Crippen LogP contribution >= 0.6 is 0 Å². The van der Waals surface area contributed by atoms with Gasteiger partial charge in [-0.1, -0.05) is 40.0 Å². The number of pyridine rings is 1. The lowest BCUT2D eigenvalue weighted by atomic mass is 9.78. The van der Waals surface area contributed by atoms with Crippen LogP contribution in [0.5, 0.6) is 0 Å². The van der Waals surface area contributed by atoms with Crippen LogP contribution in [0.1, 0.15) is 85.8 Å². The van der Waals surface area contributed by atoms with E-state index >= 15 is 0 Å². The fourth-order valence-corrected chi connectivity index (χ4v) is 3.85. The summed E-state index contributed by atoms with van der Waals surface area (Å²) >= 11 is 0. The summed E-state index contributed by atoms with van der Waals surface area (Å²) in [6.07, 6.45) is 9.12. The topological polar surface area (TPSA) is 107 Å². The number of hydrogen-bond donors (Lipinski definition) is 2. The lowest BCUT2D eigenvalue weighted by Crippen LogP contribution is -2.14. The second-order valence-corrected chi connectivity index (χ2v) is 10.2. The molecule has 0 radical (unpaired) electrons. The van der Waals surface area contributed by atoms with Gasteiger partial charge < -0.3 is 11.5 Å². The van der Waals surface area contributed by atoms with Crippen LogP contribution in [0.2, 0.25) is 0 Å². The first-order valence-electron chi connectivity index (χ1n) is 12.5. The molecule has 1 saturated carbocycles. The number of aromatic nitrogens is 4. The highest BCUT2D eigenvalue weighted by atomic mass is 19.1. The molecule has 0 amide bonds. The van der Waals surface area contributed by atoms with Crippen LogP contribution in [0.4, 0.5) is 21.8 Å². The molecule has 8 heteroatoms. The first-order chi connectivity index (χ1) is 16.4. The monoisotopic (exact) mass is 483 g/mol. The molecule has 1 fully saturated rings. The molecule has 0 aromatic carbocycles. The minimum atomic E-state index is -0.616. The van der Waals surface area contributed by atoms with E-state index in [-0.39, 0.29) is 5.95 Å². The van der Waals surface area contributed by atoms with Crippen molar-refractivity contribution in [3.05, 3.63) is 30.1 Å². The van der Waals surface area contributed by atoms with Crippen molar-refractivity contribution in [2.24, 2.45) is 10.4 Å². The summed E-state index contributed by atoms with van der Waals surface area (Å²) in [4.78, 5) is 13.1. The quantitative estimate of drug-likeness (QED) is 0.386. The zero-order chi connectivity index (χ0) is 26.2. The number of hydrogen-bond acceptors (Lipinski definition) is 6. The lowest BCUT2D eigenvalue weighted by Gasteiger charge is -2.28. The number of fused-ring (bicyclic) bond motifs is 1. The summed E-state index contributed by atoms with van der Waals surface area (Å²) < 4.78 is 13.0. The van der Waals surface area contributed by atoms with Crippen LogP contribution < -0.4 is 11.5 Å². The van der Waals surface area contributed by atoms with E-state index in [1.54, 1.807) is 17.6 Å². The average Bonchev–Trinajstić information content (AvgIpc) is 3.20. The molecular formula is C27H42FN7. The first-order valence-corrected chi connectivity index (χ1v) is 12.5. The van der Waals surface area contributed by atoms with Crippen molar-refractivity contribution in [2.75, 3.05) is 11.5 Å². The van der Waals surface area contributed by atoms with Crippen LogP contribution in [0.25, 0.3) is 16.8 Å². The lowest BCUT2D eigenvalue weighted by molar-refractivity contribution is 0.244. The Morgan fingerprint density at radius 3 is 2.23 bits per heavy atom. The van der Waals surface area contributed by atoms with Crippen LogP contribution in [0.15, 0.2) is 29.4 Å². The van der Waals surface area contributed by atoms with Crippen molar-refractivity contribution in [2.45, 2.75) is 93.2 Å². The highest BCUT2D eigenvalue weighted by molar-refractivity contribution is 5.87. The molecule has 0 bridgehead atoms. The molecule has 35 heavy (non-hydrogen) atoms. The van der Waals surface area contributed by atoms with Gasteiger partial charge in [-0.05, 0) is 70.6 Å². The number of halogens is 1. The number of anilines is 2. The van der Waals surface area contributed by atoms with Gasteiger partial charge in [0.1, 0.15) is 5.52 Å². The zero-order valence-corrected chi connectivity index (χ0v) is 22.4. The third-order valence-corrected chi connectivity index (χ3v) is 6.00. The normalized spacial score (nSPS) is 15.3. The Balaban J connectivity index is 0.000000273. The second-order valence-electron chi connectivity index (χ2n) is 10.2. The van der Waals surface area contributed by atoms with Crippen molar-refractivity contribution >= 4 is 28.7 Å². The van der Waals surface area contributed by atoms with E-state index in [1.807, 2.05) is 45.9 Å². The van der Waals surface area contributed by atoms with Crippen molar-refractivity contribution in [1.82, 2.24) is 19.6 Å². The van der Waals surface area contributed by atoms with E-state index in [2.05, 4.69) is 33.9 Å². The summed E-state index contributed by atoms with van der Waals surface area (Å²) in [6.45, 7) is 14.0. The summed E-state index contributed by atoms with van der Waals surface area (Å²) in [6, 6.07) is 5.76. The van der Waals surface area contributed by atoms with Crippen LogP contribution in [0, 0.1) is 12.3 Å². The van der Waals surface area contributed by atoms with Gasteiger partial charge in [0, 0.05) is 17.5 Å². The van der Waals surface area contributed by atoms with Gasteiger partial charge in [-0.15, -0.1) is 5.10 Å². The molecule has 3 heterocycles. The maximum atomic E-state index is 11.4. The number of nitrogens with zero attached hydrogens (tertiary/aromatic N) is 5. The van der Waals surface area contributed by atoms with Gasteiger partial charge in [-0.25, -0.2) is 8.91 Å². The first kappa shape index (κ1) is 28.2. The molecule has 1 aliphatic carbocycles. The van der Waals surface area contributed by atoms with Crippen LogP contribution in [-0.2, 0) is 0 Å². The van der Waals surface area contributed by atoms with Crippen molar-refractivity contribution in [1.29, 1.82) is 0 Å². The molecule has 3 aromatic rings. The SMILES string of the molecule is CC(C)=Nc1ccc(-c2ccn3nc(N)nc(N)c23)nc1C.CC1(C)CCCCC1.CCC(C)F. The summed E-state index contributed by atoms with van der Waals surface area (Å²) in [5.41, 5.74) is 17.3. The maximum Gasteiger partial charge on any atom is 0.240 e. The molecule has 1 atom stereocenters. The predicted molar refractivity (Wildman–Crippen MR) is 146 cm³/mol. The van der Waals surface area contributed by atoms with Gasteiger partial charge in [-0.3, -0.25) is 9.98 Å². The van der Waals surface area contributed by atoms with E-state index in [0.717, 1.165) is 28.4 Å². The summed E-state index contributed by atoms with van der Waals surface area (Å²) in [5, 5.41) is 4.12. The van der Waals surface area contributed by atoms with Crippen molar-refractivity contribution in [3.8, 4) is 11.3 Å². The van der Waals surface area contributed by atoms with Gasteiger partial charge >= 0.3 is 0 Å². The highest BCUT2D eigenvalue weighted by Gasteiger charge is 2.20. The summed E-state index contributed by atoms with van der Waals surface area (Å²) in [5.74, 6) is 0.470. The summed E-state index contributed by atoms with van der Waals surface area (Å²) in [7, 11) is 0. The molecule has 4 rings (SSSR count). The molecule has 0 saturated heterocycles. The number of aliphatic imine (C=N–C) groups is 1. The van der Waals surface area contributed by atoms with Gasteiger partial charge in [-0.2, -0.15) is 4.98 Å². The Kier molecular flexibility index (Phi) is 10.2. The molecule has 1 unspecified atom stereocenters. The Hall–Kier alpha value is -3.03. The van der Waals surface area contributed by atoms with E-state index in [0.29, 0.717) is 23.2 Å². The third-order valence-electron chi connectivity index (χ3n) is 6.00. The number of nitrogen functional groups attached to an aromatic ring is 2. The highest BCUT2D eigenvalue weighted by Crippen LogP contribution is 2.34. The van der Waals surface area contributed by atoms with E-state index < -0.39 is 6.17 Å². The number of aryl methyl sites for hydroxylation is 1. The Morgan fingerprint density at radius 1 is 1.11 bits per heavy atom. The molecule has 0 spiro atoms. The van der Waals surface area contributed by atoms with E-state index in [4.69, 9.17) is 11.5 Å². The molecule has 0 aliphatic heterocycles. The van der Waals surface area contributed by atoms with Crippen molar-refractivity contribution in [3.63, 3.8) is 0 Å². The number of alkyl halides is 1. The molecule has 3 aromatic heterocycles. The number of rotatable bonds is 3. The smallest absolute Gasteiger partial charge is 0.240 e.